The van der Waals surface area contributed by atoms with Crippen LogP contribution in [-0.2, 0) is 25.6 Å². The molecular formula is C26H38N6O6. The van der Waals surface area contributed by atoms with Gasteiger partial charge in [-0.1, -0.05) is 18.2 Å². The number of carboxylic acid groups (broad SMARTS) is 1. The summed E-state index contributed by atoms with van der Waals surface area (Å²) in [6.07, 6.45) is 3.06. The number of aliphatic carboxylic acids is 1. The summed E-state index contributed by atoms with van der Waals surface area (Å²) in [5.41, 5.74) is 13.0. The molecule has 0 aliphatic carbocycles. The minimum atomic E-state index is -1.17. The van der Waals surface area contributed by atoms with Gasteiger partial charge in [0.05, 0.1) is 6.10 Å². The number of carboxylic acids is 1. The maximum atomic E-state index is 13.4. The number of nitrogens with two attached hydrogens (primary N) is 2. The van der Waals surface area contributed by atoms with E-state index in [1.807, 2.05) is 24.3 Å². The highest BCUT2D eigenvalue weighted by molar-refractivity contribution is 5.95. The highest BCUT2D eigenvalue weighted by Gasteiger charge is 2.39. The Morgan fingerprint density at radius 3 is 2.58 bits per heavy atom. The number of para-hydroxylation sites is 1. The third kappa shape index (κ3) is 7.09. The number of amides is 3. The number of rotatable bonds is 13. The van der Waals surface area contributed by atoms with Gasteiger partial charge in [-0.3, -0.25) is 14.4 Å². The maximum Gasteiger partial charge on any atom is 0.326 e. The Balaban J connectivity index is 1.81. The molecule has 5 atom stereocenters. The van der Waals surface area contributed by atoms with Gasteiger partial charge < -0.3 is 42.2 Å². The molecule has 2 aromatic rings. The van der Waals surface area contributed by atoms with Gasteiger partial charge in [-0.25, -0.2) is 4.79 Å². The van der Waals surface area contributed by atoms with Crippen molar-refractivity contribution in [1.29, 1.82) is 0 Å². The van der Waals surface area contributed by atoms with Gasteiger partial charge >= 0.3 is 5.97 Å². The minimum absolute atomic E-state index is 0.102. The van der Waals surface area contributed by atoms with Crippen LogP contribution in [0.5, 0.6) is 0 Å². The van der Waals surface area contributed by atoms with E-state index < -0.39 is 54.0 Å². The summed E-state index contributed by atoms with van der Waals surface area (Å²) in [5.74, 6) is -2.89. The summed E-state index contributed by atoms with van der Waals surface area (Å²) < 4.78 is 0. The van der Waals surface area contributed by atoms with E-state index in [1.165, 1.54) is 11.8 Å². The van der Waals surface area contributed by atoms with Crippen molar-refractivity contribution in [3.05, 3.63) is 36.0 Å². The Bertz CT molecular complexity index is 1130. The predicted molar refractivity (Wildman–Crippen MR) is 141 cm³/mol. The summed E-state index contributed by atoms with van der Waals surface area (Å²) in [6, 6.07) is 3.25. The number of carbonyl (C=O) groups excluding carboxylic acids is 3. The van der Waals surface area contributed by atoms with E-state index in [2.05, 4.69) is 15.6 Å². The third-order valence-electron chi connectivity index (χ3n) is 6.94. The second-order valence-electron chi connectivity index (χ2n) is 9.76. The van der Waals surface area contributed by atoms with Crippen molar-refractivity contribution in [2.45, 2.75) is 75.7 Å². The van der Waals surface area contributed by atoms with Gasteiger partial charge in [-0.2, -0.15) is 0 Å². The van der Waals surface area contributed by atoms with Gasteiger partial charge in [0.1, 0.15) is 24.2 Å². The van der Waals surface area contributed by atoms with Crippen LogP contribution in [0.15, 0.2) is 30.5 Å². The summed E-state index contributed by atoms with van der Waals surface area (Å²) in [5, 5.41) is 25.6. The Kier molecular flexibility index (Phi) is 10.2. The number of aromatic nitrogens is 1. The van der Waals surface area contributed by atoms with Crippen LogP contribution in [0.1, 0.15) is 44.6 Å². The van der Waals surface area contributed by atoms with Gasteiger partial charge in [-0.05, 0) is 57.2 Å². The number of H-pyrrole nitrogens is 1. The number of carbonyl (C=O) groups is 4. The van der Waals surface area contributed by atoms with Gasteiger partial charge in [0.2, 0.25) is 17.7 Å². The Morgan fingerprint density at radius 2 is 1.89 bits per heavy atom. The molecule has 12 nitrogen and oxygen atoms in total. The topological polar surface area (TPSA) is 204 Å². The smallest absolute Gasteiger partial charge is 0.326 e. The fourth-order valence-corrected chi connectivity index (χ4v) is 4.72. The van der Waals surface area contributed by atoms with Crippen LogP contribution >= 0.6 is 0 Å². The van der Waals surface area contributed by atoms with E-state index in [9.17, 15) is 29.4 Å². The summed E-state index contributed by atoms with van der Waals surface area (Å²) in [4.78, 5) is 55.8. The molecule has 1 saturated heterocycles. The van der Waals surface area contributed by atoms with Crippen LogP contribution in [0.25, 0.3) is 10.9 Å². The van der Waals surface area contributed by atoms with Crippen LogP contribution in [0.4, 0.5) is 0 Å². The van der Waals surface area contributed by atoms with Crippen molar-refractivity contribution in [1.82, 2.24) is 20.5 Å². The predicted octanol–water partition coefficient (Wildman–Crippen LogP) is -0.407. The number of nitrogens with one attached hydrogen (secondary N) is 3. The molecule has 0 saturated carbocycles. The maximum absolute atomic E-state index is 13.4. The lowest BCUT2D eigenvalue weighted by molar-refractivity contribution is -0.143. The quantitative estimate of drug-likeness (QED) is 0.169. The van der Waals surface area contributed by atoms with Gasteiger partial charge in [0.25, 0.3) is 0 Å². The molecule has 1 aromatic heterocycles. The number of likely N-dealkylation sites (tertiary alicyclic amines) is 1. The normalized spacial score (nSPS) is 18.5. The average molecular weight is 531 g/mol. The van der Waals surface area contributed by atoms with Crippen LogP contribution < -0.4 is 22.1 Å². The van der Waals surface area contributed by atoms with Gasteiger partial charge in [0, 0.05) is 30.1 Å². The molecule has 3 amide bonds. The average Bonchev–Trinajstić information content (AvgIpc) is 3.54. The second-order valence-corrected chi connectivity index (χ2v) is 9.76. The first-order valence-electron chi connectivity index (χ1n) is 13.0. The van der Waals surface area contributed by atoms with Gasteiger partial charge in [0.15, 0.2) is 0 Å². The van der Waals surface area contributed by atoms with E-state index in [0.29, 0.717) is 38.8 Å². The molecule has 38 heavy (non-hydrogen) atoms. The molecule has 1 aliphatic rings. The molecule has 9 N–H and O–H groups in total. The zero-order chi connectivity index (χ0) is 27.8. The number of hydrogen-bond donors (Lipinski definition) is 7. The number of fused-ring (bicyclic) bond motifs is 1. The Morgan fingerprint density at radius 1 is 1.16 bits per heavy atom. The highest BCUT2D eigenvalue weighted by Crippen LogP contribution is 2.21. The first-order valence-corrected chi connectivity index (χ1v) is 13.0. The van der Waals surface area contributed by atoms with Crippen LogP contribution in [0.3, 0.4) is 0 Å². The Labute approximate surface area is 221 Å². The van der Waals surface area contributed by atoms with Gasteiger partial charge in [-0.15, -0.1) is 0 Å². The molecule has 208 valence electrons. The number of benzene rings is 1. The van der Waals surface area contributed by atoms with Crippen LogP contribution in [-0.4, -0.2) is 87.1 Å². The van der Waals surface area contributed by atoms with Crippen molar-refractivity contribution in [3.8, 4) is 0 Å². The van der Waals surface area contributed by atoms with Crippen molar-refractivity contribution < 1.29 is 29.4 Å². The monoisotopic (exact) mass is 530 g/mol. The molecule has 12 heteroatoms. The number of unbranched alkanes of at least 4 members (excludes halogenated alkanes) is 1. The molecular weight excluding hydrogens is 492 g/mol. The molecule has 0 spiro atoms. The minimum Gasteiger partial charge on any atom is -0.480 e. The number of aliphatic hydroxyl groups excluding tert-OH is 1. The molecule has 1 fully saturated rings. The van der Waals surface area contributed by atoms with E-state index >= 15 is 0 Å². The number of hydrogen-bond acceptors (Lipinski definition) is 7. The zero-order valence-corrected chi connectivity index (χ0v) is 21.6. The lowest BCUT2D eigenvalue weighted by Gasteiger charge is -2.29. The first-order chi connectivity index (χ1) is 18.1. The zero-order valence-electron chi connectivity index (χ0n) is 21.6. The molecule has 1 aromatic carbocycles. The van der Waals surface area contributed by atoms with Crippen molar-refractivity contribution in [3.63, 3.8) is 0 Å². The fourth-order valence-electron chi connectivity index (χ4n) is 4.72. The highest BCUT2D eigenvalue weighted by atomic mass is 16.4. The molecule has 3 rings (SSSR count). The largest absolute Gasteiger partial charge is 0.480 e. The van der Waals surface area contributed by atoms with Crippen molar-refractivity contribution in [2.24, 2.45) is 11.5 Å². The summed E-state index contributed by atoms with van der Waals surface area (Å²) >= 11 is 0. The van der Waals surface area contributed by atoms with E-state index in [1.54, 1.807) is 6.20 Å². The standard InChI is InChI=1S/C26H38N6O6/c1-15(33)22(28)25(36)32-12-6-10-21(32)24(35)31-20(13-16-14-29-18-8-3-2-7-17(16)18)23(34)30-19(26(37)38)9-4-5-11-27/h2-3,7-8,14-15,19-22,29,33H,4-6,9-13,27-28H2,1H3,(H,30,34)(H,31,35)(H,37,38). The molecule has 5 unspecified atom stereocenters. The fraction of sp³-hybridized carbons (Fsp3) is 0.538. The van der Waals surface area contributed by atoms with Crippen LogP contribution in [0.2, 0.25) is 0 Å². The lowest BCUT2D eigenvalue weighted by atomic mass is 10.0. The summed E-state index contributed by atoms with van der Waals surface area (Å²) in [7, 11) is 0. The molecule has 1 aliphatic heterocycles. The Hall–Kier alpha value is -3.48. The van der Waals surface area contributed by atoms with E-state index in [-0.39, 0.29) is 12.8 Å². The SMILES string of the molecule is CC(O)C(N)C(=O)N1CCCC1C(=O)NC(Cc1c[nH]c2ccccc12)C(=O)NC(CCCCN)C(=O)O. The van der Waals surface area contributed by atoms with Crippen LogP contribution in [0, 0.1) is 0 Å². The van der Waals surface area contributed by atoms with Crippen molar-refractivity contribution in [2.75, 3.05) is 13.1 Å². The first kappa shape index (κ1) is 29.1. The summed E-state index contributed by atoms with van der Waals surface area (Å²) in [6.45, 7) is 2.12. The number of nitrogens with zero attached hydrogens (tertiary/aromatic N) is 1. The lowest BCUT2D eigenvalue weighted by Crippen LogP contribution is -2.58. The van der Waals surface area contributed by atoms with Crippen molar-refractivity contribution >= 4 is 34.6 Å². The molecule has 2 heterocycles. The molecule has 0 radical (unpaired) electrons. The number of aromatic amines is 1. The molecule has 0 bridgehead atoms. The number of aliphatic hydroxyl groups is 1. The second kappa shape index (κ2) is 13.4. The van der Waals surface area contributed by atoms with E-state index in [4.69, 9.17) is 11.5 Å². The third-order valence-corrected chi connectivity index (χ3v) is 6.94. The van der Waals surface area contributed by atoms with E-state index in [0.717, 1.165) is 16.5 Å².